The van der Waals surface area contributed by atoms with Crippen molar-refractivity contribution in [3.05, 3.63) is 46.9 Å². The monoisotopic (exact) mass is 403 g/mol. The lowest BCUT2D eigenvalue weighted by atomic mass is 10.1. The van der Waals surface area contributed by atoms with Crippen LogP contribution in [0.1, 0.15) is 27.3 Å². The summed E-state index contributed by atoms with van der Waals surface area (Å²) in [7, 11) is 0. The average molecular weight is 403 g/mol. The van der Waals surface area contributed by atoms with Crippen LogP contribution in [0.3, 0.4) is 0 Å². The number of nitrogens with one attached hydrogen (secondary N) is 1. The summed E-state index contributed by atoms with van der Waals surface area (Å²) in [6.45, 7) is 3.05. The molecule has 0 unspecified atom stereocenters. The predicted octanol–water partition coefficient (Wildman–Crippen LogP) is 0.309. The fourth-order valence-corrected chi connectivity index (χ4v) is 4.49. The number of nitrogens with zero attached hydrogens (tertiary/aromatic N) is 3. The number of ether oxygens (including phenoxy) is 1. The zero-order valence-electron chi connectivity index (χ0n) is 15.1. The van der Waals surface area contributed by atoms with Gasteiger partial charge < -0.3 is 26.0 Å². The molecule has 10 heteroatoms. The molecule has 5 N–H and O–H groups in total. The number of hydrogen-bond donors (Lipinski definition) is 4. The average Bonchev–Trinajstić information content (AvgIpc) is 3.35. The van der Waals surface area contributed by atoms with Gasteiger partial charge in [0.2, 0.25) is 5.82 Å². The van der Waals surface area contributed by atoms with Gasteiger partial charge in [0, 0.05) is 22.7 Å². The molecule has 1 saturated heterocycles. The Bertz CT molecular complexity index is 1000. The summed E-state index contributed by atoms with van der Waals surface area (Å²) in [5.41, 5.74) is 6.35. The molecule has 2 aromatic heterocycles. The van der Waals surface area contributed by atoms with Crippen molar-refractivity contribution < 1.29 is 19.7 Å². The smallest absolute Gasteiger partial charge is 0.288 e. The summed E-state index contributed by atoms with van der Waals surface area (Å²) in [5, 5.41) is 29.0. The van der Waals surface area contributed by atoms with E-state index in [9.17, 15) is 15.0 Å². The Hall–Kier alpha value is -2.37. The highest BCUT2D eigenvalue weighted by Gasteiger charge is 2.44. The van der Waals surface area contributed by atoms with Crippen molar-refractivity contribution in [2.24, 2.45) is 5.73 Å². The van der Waals surface area contributed by atoms with Crippen LogP contribution in [-0.4, -0.2) is 55.7 Å². The highest BCUT2D eigenvalue weighted by atomic mass is 32.1. The Morgan fingerprint density at radius 1 is 1.36 bits per heavy atom. The van der Waals surface area contributed by atoms with Crippen molar-refractivity contribution in [1.82, 2.24) is 20.1 Å². The van der Waals surface area contributed by atoms with Crippen LogP contribution in [0.25, 0.3) is 10.1 Å². The van der Waals surface area contributed by atoms with Crippen molar-refractivity contribution in [2.75, 3.05) is 6.54 Å². The van der Waals surface area contributed by atoms with Crippen LogP contribution in [0.2, 0.25) is 0 Å². The molecule has 3 aromatic rings. The molecule has 1 aliphatic heterocycles. The van der Waals surface area contributed by atoms with Gasteiger partial charge in [0.1, 0.15) is 24.6 Å². The molecule has 1 aliphatic rings. The first kappa shape index (κ1) is 19.0. The number of nitrogens with two attached hydrogens (primary N) is 1. The standard InChI is InChI=1S/C18H21N5O4S/c1-9-11(10-4-2-3-5-13(10)28-9)6-20-7-12-14(24)15(25)18(27-12)23-8-21-17(22-23)16(19)26/h2-5,8,12,14-15,18,20,24-25H,6-7H2,1H3,(H2,19,26)/t12-,14-,15-,18-/m1/s1. The molecule has 0 bridgehead atoms. The van der Waals surface area contributed by atoms with Crippen LogP contribution >= 0.6 is 11.3 Å². The van der Waals surface area contributed by atoms with E-state index >= 15 is 0 Å². The number of amides is 1. The number of aryl methyl sites for hydroxylation is 1. The van der Waals surface area contributed by atoms with Crippen molar-refractivity contribution in [3.8, 4) is 0 Å². The summed E-state index contributed by atoms with van der Waals surface area (Å²) >= 11 is 1.75. The van der Waals surface area contributed by atoms with Crippen LogP contribution in [-0.2, 0) is 11.3 Å². The number of aliphatic hydroxyl groups is 2. The fraction of sp³-hybridized carbons (Fsp3) is 0.389. The van der Waals surface area contributed by atoms with Crippen molar-refractivity contribution in [1.29, 1.82) is 0 Å². The summed E-state index contributed by atoms with van der Waals surface area (Å²) in [4.78, 5) is 16.1. The van der Waals surface area contributed by atoms with E-state index in [1.54, 1.807) is 11.3 Å². The molecule has 4 atom stereocenters. The van der Waals surface area contributed by atoms with E-state index < -0.39 is 30.4 Å². The van der Waals surface area contributed by atoms with Crippen LogP contribution < -0.4 is 11.1 Å². The molecular weight excluding hydrogens is 382 g/mol. The number of aliphatic hydroxyl groups excluding tert-OH is 2. The number of hydrogen-bond acceptors (Lipinski definition) is 8. The van der Waals surface area contributed by atoms with Gasteiger partial charge in [-0.1, -0.05) is 18.2 Å². The van der Waals surface area contributed by atoms with E-state index in [1.807, 2.05) is 12.1 Å². The third kappa shape index (κ3) is 3.40. The second-order valence-electron chi connectivity index (χ2n) is 6.72. The Morgan fingerprint density at radius 3 is 2.89 bits per heavy atom. The van der Waals surface area contributed by atoms with E-state index in [0.717, 1.165) is 0 Å². The lowest BCUT2D eigenvalue weighted by Gasteiger charge is -2.15. The zero-order chi connectivity index (χ0) is 19.8. The molecule has 4 rings (SSSR count). The van der Waals surface area contributed by atoms with E-state index in [4.69, 9.17) is 10.5 Å². The Kier molecular flexibility index (Phi) is 5.13. The summed E-state index contributed by atoms with van der Waals surface area (Å²) < 4.78 is 8.19. The van der Waals surface area contributed by atoms with E-state index in [-0.39, 0.29) is 5.82 Å². The molecule has 1 aromatic carbocycles. The molecule has 148 valence electrons. The van der Waals surface area contributed by atoms with Gasteiger partial charge in [0.25, 0.3) is 5.91 Å². The van der Waals surface area contributed by atoms with Gasteiger partial charge in [0.15, 0.2) is 6.23 Å². The topological polar surface area (TPSA) is 136 Å². The lowest BCUT2D eigenvalue weighted by Crippen LogP contribution is -2.37. The molecule has 0 saturated carbocycles. The van der Waals surface area contributed by atoms with Gasteiger partial charge in [-0.15, -0.1) is 16.4 Å². The maximum absolute atomic E-state index is 11.1. The number of benzene rings is 1. The summed E-state index contributed by atoms with van der Waals surface area (Å²) in [6.07, 6.45) is -2.62. The van der Waals surface area contributed by atoms with Crippen LogP contribution in [0.4, 0.5) is 0 Å². The first-order valence-corrected chi connectivity index (χ1v) is 9.67. The first-order valence-electron chi connectivity index (χ1n) is 8.86. The minimum Gasteiger partial charge on any atom is -0.387 e. The Balaban J connectivity index is 1.41. The van der Waals surface area contributed by atoms with Crippen LogP contribution in [0.15, 0.2) is 30.6 Å². The summed E-state index contributed by atoms with van der Waals surface area (Å²) in [6, 6.07) is 8.23. The molecule has 28 heavy (non-hydrogen) atoms. The maximum atomic E-state index is 11.1. The molecule has 0 radical (unpaired) electrons. The number of aromatic nitrogens is 3. The van der Waals surface area contributed by atoms with Gasteiger partial charge in [-0.25, -0.2) is 9.67 Å². The largest absolute Gasteiger partial charge is 0.387 e. The van der Waals surface area contributed by atoms with E-state index in [2.05, 4.69) is 34.5 Å². The van der Waals surface area contributed by atoms with E-state index in [0.29, 0.717) is 13.1 Å². The number of primary amides is 1. The minimum absolute atomic E-state index is 0.174. The highest BCUT2D eigenvalue weighted by molar-refractivity contribution is 7.19. The molecule has 1 amide bonds. The SMILES string of the molecule is Cc1sc2ccccc2c1CNC[C@H]1O[C@@H](n2cnc(C(N)=O)n2)[C@H](O)[C@@H]1O. The van der Waals surface area contributed by atoms with Gasteiger partial charge in [-0.3, -0.25) is 4.79 Å². The lowest BCUT2D eigenvalue weighted by molar-refractivity contribution is -0.0439. The van der Waals surface area contributed by atoms with Crippen LogP contribution in [0, 0.1) is 6.92 Å². The van der Waals surface area contributed by atoms with Gasteiger partial charge >= 0.3 is 0 Å². The number of thiophene rings is 1. The van der Waals surface area contributed by atoms with Gasteiger partial charge in [-0.05, 0) is 23.9 Å². The zero-order valence-corrected chi connectivity index (χ0v) is 16.0. The number of carbonyl (C=O) groups excluding carboxylic acids is 1. The molecule has 9 nitrogen and oxygen atoms in total. The Morgan fingerprint density at radius 2 is 2.14 bits per heavy atom. The van der Waals surface area contributed by atoms with Gasteiger partial charge in [0.05, 0.1) is 0 Å². The third-order valence-corrected chi connectivity index (χ3v) is 6.00. The van der Waals surface area contributed by atoms with E-state index in [1.165, 1.54) is 31.5 Å². The van der Waals surface area contributed by atoms with Crippen molar-refractivity contribution in [2.45, 2.75) is 38.0 Å². The summed E-state index contributed by atoms with van der Waals surface area (Å²) in [5.74, 6) is -0.949. The molecular formula is C18H21N5O4S. The number of rotatable bonds is 6. The second kappa shape index (κ2) is 7.57. The number of carbonyl (C=O) groups is 1. The van der Waals surface area contributed by atoms with Crippen molar-refractivity contribution >= 4 is 27.3 Å². The highest BCUT2D eigenvalue weighted by Crippen LogP contribution is 2.31. The quantitative estimate of drug-likeness (QED) is 0.465. The normalized spacial score (nSPS) is 24.8. The minimum atomic E-state index is -1.20. The number of fused-ring (bicyclic) bond motifs is 1. The molecule has 3 heterocycles. The van der Waals surface area contributed by atoms with Gasteiger partial charge in [-0.2, -0.15) is 0 Å². The maximum Gasteiger partial charge on any atom is 0.288 e. The molecule has 0 aliphatic carbocycles. The molecule has 0 spiro atoms. The Labute approximate surface area is 164 Å². The third-order valence-electron chi connectivity index (χ3n) is 4.87. The molecule has 1 fully saturated rings. The first-order chi connectivity index (χ1) is 13.5. The van der Waals surface area contributed by atoms with Crippen molar-refractivity contribution in [3.63, 3.8) is 0 Å². The van der Waals surface area contributed by atoms with Crippen LogP contribution in [0.5, 0.6) is 0 Å². The predicted molar refractivity (Wildman–Crippen MR) is 103 cm³/mol. The fourth-order valence-electron chi connectivity index (χ4n) is 3.41. The second-order valence-corrected chi connectivity index (χ2v) is 7.98.